The first kappa shape index (κ1) is 39.3. The van der Waals surface area contributed by atoms with Gasteiger partial charge in [0.05, 0.1) is 16.8 Å². The average Bonchev–Trinajstić information content (AvgIpc) is 3.89. The van der Waals surface area contributed by atoms with Gasteiger partial charge in [0, 0.05) is 24.4 Å². The Morgan fingerprint density at radius 2 is 1.15 bits per heavy atom. The van der Waals surface area contributed by atoms with Gasteiger partial charge in [0.1, 0.15) is 0 Å². The standard InChI is InChI=1S/C38H51BO2.C10H17O/c1-28-22-23-31-32(26-28)38(24-18-14-12-10-8-6-7-9-11-13-15-19-25-38)33-27-34(29-20-16-17-21-30(29)35(31)33)39-40-36(2,3)37(4,5)41-39;1-9(2,8-6-7-8)10(3,4)11-5/h16-17,20-23,26-27H,6-15,18-19,24-25H2,1-5H3;6-7H,1-5H3. The minimum absolute atomic E-state index is 0.0548. The molecule has 0 aromatic heterocycles. The second-order valence-electron chi connectivity index (χ2n) is 18.5. The Morgan fingerprint density at radius 3 is 1.65 bits per heavy atom. The van der Waals surface area contributed by atoms with Gasteiger partial charge >= 0.3 is 7.12 Å². The maximum Gasteiger partial charge on any atom is 0.495 e. The zero-order valence-corrected chi connectivity index (χ0v) is 34.5. The summed E-state index contributed by atoms with van der Waals surface area (Å²) in [5.74, 6) is 0. The molecule has 3 aromatic rings. The number of fused-ring (bicyclic) bond motifs is 7. The number of hydrogen-bond donors (Lipinski definition) is 0. The molecule has 3 aromatic carbocycles. The van der Waals surface area contributed by atoms with Crippen LogP contribution in [0.3, 0.4) is 0 Å². The molecule has 7 rings (SSSR count). The smallest absolute Gasteiger partial charge is 0.399 e. The number of ether oxygens (including phenoxy) is 1. The van der Waals surface area contributed by atoms with Gasteiger partial charge in [-0.05, 0) is 99.8 Å². The van der Waals surface area contributed by atoms with Gasteiger partial charge in [-0.15, -0.1) is 0 Å². The molecule has 0 unspecified atom stereocenters. The Balaban J connectivity index is 0.000000362. The van der Waals surface area contributed by atoms with Crippen molar-refractivity contribution in [2.45, 2.75) is 174 Å². The van der Waals surface area contributed by atoms with Crippen molar-refractivity contribution in [1.29, 1.82) is 0 Å². The first-order valence-electron chi connectivity index (χ1n) is 20.8. The summed E-state index contributed by atoms with van der Waals surface area (Å²) >= 11 is 0. The van der Waals surface area contributed by atoms with E-state index in [-0.39, 0.29) is 34.8 Å². The van der Waals surface area contributed by atoms with Gasteiger partial charge in [-0.2, -0.15) is 0 Å². The van der Waals surface area contributed by atoms with E-state index in [1.165, 1.54) is 134 Å². The highest BCUT2D eigenvalue weighted by Crippen LogP contribution is 2.56. The average molecular weight is 704 g/mol. The van der Waals surface area contributed by atoms with Gasteiger partial charge in [0.2, 0.25) is 0 Å². The number of methoxy groups -OCH3 is 1. The van der Waals surface area contributed by atoms with E-state index in [1.54, 1.807) is 12.7 Å². The van der Waals surface area contributed by atoms with E-state index >= 15 is 0 Å². The molecule has 0 bridgehead atoms. The van der Waals surface area contributed by atoms with Crippen LogP contribution in [0.1, 0.15) is 162 Å². The first-order valence-corrected chi connectivity index (χ1v) is 20.8. The molecular formula is C48H68BO3. The van der Waals surface area contributed by atoms with E-state index in [4.69, 9.17) is 14.0 Å². The van der Waals surface area contributed by atoms with Gasteiger partial charge in [-0.3, -0.25) is 0 Å². The fraction of sp³-hybridized carbons (Fsp3) is 0.604. The normalized spacial score (nSPS) is 21.7. The van der Waals surface area contributed by atoms with Crippen LogP contribution in [0.2, 0.25) is 0 Å². The van der Waals surface area contributed by atoms with Crippen molar-refractivity contribution in [2.75, 3.05) is 7.11 Å². The van der Waals surface area contributed by atoms with Crippen LogP contribution in [-0.2, 0) is 19.5 Å². The van der Waals surface area contributed by atoms with Crippen molar-refractivity contribution in [3.05, 3.63) is 83.3 Å². The molecule has 3 nitrogen and oxygen atoms in total. The lowest BCUT2D eigenvalue weighted by atomic mass is 9.67. The summed E-state index contributed by atoms with van der Waals surface area (Å²) in [6.07, 6.45) is 23.3. The SMILES string of the molecule is COC(C)(C)C(C)(C)C1=C[CH]1.Cc1ccc2c(c1)C1(CCCCCCCCCCCCCC1)c1cc(B3OC(C)(C)C(C)(C)O3)c3ccccc3c1-2. The van der Waals surface area contributed by atoms with Crippen LogP contribution in [-0.4, -0.2) is 31.0 Å². The van der Waals surface area contributed by atoms with Crippen LogP contribution < -0.4 is 5.46 Å². The zero-order valence-electron chi connectivity index (χ0n) is 34.5. The molecule has 1 spiro atoms. The molecule has 1 radical (unpaired) electrons. The minimum Gasteiger partial charge on any atom is -0.399 e. The Kier molecular flexibility index (Phi) is 11.6. The number of benzene rings is 3. The number of rotatable bonds is 4. The molecule has 4 heteroatoms. The highest BCUT2D eigenvalue weighted by molar-refractivity contribution is 6.65. The summed E-state index contributed by atoms with van der Waals surface area (Å²) in [4.78, 5) is 0. The van der Waals surface area contributed by atoms with E-state index in [2.05, 4.69) is 123 Å². The molecule has 2 fully saturated rings. The molecule has 1 aliphatic heterocycles. The summed E-state index contributed by atoms with van der Waals surface area (Å²) < 4.78 is 18.9. The van der Waals surface area contributed by atoms with E-state index in [0.717, 1.165) is 0 Å². The van der Waals surface area contributed by atoms with E-state index in [1.807, 2.05) is 0 Å². The van der Waals surface area contributed by atoms with Crippen molar-refractivity contribution in [1.82, 2.24) is 0 Å². The lowest BCUT2D eigenvalue weighted by Gasteiger charge is -2.39. The maximum atomic E-state index is 6.72. The zero-order chi connectivity index (χ0) is 37.4. The Bertz CT molecular complexity index is 1710. The predicted octanol–water partition coefficient (Wildman–Crippen LogP) is 12.8. The molecular weight excluding hydrogens is 635 g/mol. The molecule has 0 N–H and O–H groups in total. The van der Waals surface area contributed by atoms with Crippen molar-refractivity contribution >= 4 is 23.4 Å². The fourth-order valence-corrected chi connectivity index (χ4v) is 9.00. The first-order chi connectivity index (χ1) is 24.7. The maximum absolute atomic E-state index is 6.72. The van der Waals surface area contributed by atoms with Crippen LogP contribution in [0.5, 0.6) is 0 Å². The number of aryl methyl sites for hydroxylation is 1. The summed E-state index contributed by atoms with van der Waals surface area (Å²) in [6.45, 7) is 19.6. The molecule has 1 heterocycles. The van der Waals surface area contributed by atoms with Crippen molar-refractivity contribution in [3.63, 3.8) is 0 Å². The lowest BCUT2D eigenvalue weighted by Crippen LogP contribution is -2.41. The highest BCUT2D eigenvalue weighted by atomic mass is 16.7. The fourth-order valence-electron chi connectivity index (χ4n) is 9.00. The molecule has 0 amide bonds. The molecule has 4 aliphatic rings. The molecule has 1 saturated heterocycles. The summed E-state index contributed by atoms with van der Waals surface area (Å²) in [5, 5.41) is 2.62. The van der Waals surface area contributed by atoms with Crippen LogP contribution in [0.4, 0.5) is 0 Å². The third kappa shape index (κ3) is 7.60. The molecule has 52 heavy (non-hydrogen) atoms. The Labute approximate surface area is 317 Å². The summed E-state index contributed by atoms with van der Waals surface area (Å²) in [6, 6.07) is 18.8. The Morgan fingerprint density at radius 1 is 0.654 bits per heavy atom. The van der Waals surface area contributed by atoms with Crippen molar-refractivity contribution in [2.24, 2.45) is 5.41 Å². The predicted molar refractivity (Wildman–Crippen MR) is 223 cm³/mol. The summed E-state index contributed by atoms with van der Waals surface area (Å²) in [7, 11) is 1.41. The van der Waals surface area contributed by atoms with Gasteiger partial charge in [0.25, 0.3) is 0 Å². The monoisotopic (exact) mass is 704 g/mol. The van der Waals surface area contributed by atoms with Gasteiger partial charge in [-0.25, -0.2) is 0 Å². The van der Waals surface area contributed by atoms with Crippen molar-refractivity contribution < 1.29 is 14.0 Å². The van der Waals surface area contributed by atoms with E-state index < -0.39 is 0 Å². The molecule has 0 atom stereocenters. The largest absolute Gasteiger partial charge is 0.495 e. The third-order valence-electron chi connectivity index (χ3n) is 14.1. The van der Waals surface area contributed by atoms with Crippen LogP contribution >= 0.6 is 0 Å². The van der Waals surface area contributed by atoms with Crippen molar-refractivity contribution in [3.8, 4) is 11.1 Å². The van der Waals surface area contributed by atoms with Crippen LogP contribution in [0.25, 0.3) is 21.9 Å². The van der Waals surface area contributed by atoms with Gasteiger partial charge in [0.15, 0.2) is 0 Å². The third-order valence-corrected chi connectivity index (χ3v) is 14.1. The highest BCUT2D eigenvalue weighted by Gasteiger charge is 2.53. The Hall–Kier alpha value is -2.40. The van der Waals surface area contributed by atoms with Gasteiger partial charge < -0.3 is 14.0 Å². The second-order valence-corrected chi connectivity index (χ2v) is 18.5. The minimum atomic E-state index is -0.362. The van der Waals surface area contributed by atoms with E-state index in [9.17, 15) is 0 Å². The van der Waals surface area contributed by atoms with Gasteiger partial charge in [-0.1, -0.05) is 157 Å². The topological polar surface area (TPSA) is 27.7 Å². The van der Waals surface area contributed by atoms with E-state index in [0.29, 0.717) is 0 Å². The van der Waals surface area contributed by atoms with Crippen LogP contribution in [0.15, 0.2) is 60.2 Å². The molecule has 1 saturated carbocycles. The lowest BCUT2D eigenvalue weighted by molar-refractivity contribution is -0.0509. The van der Waals surface area contributed by atoms with Crippen LogP contribution in [0, 0.1) is 18.8 Å². The quantitative estimate of drug-likeness (QED) is 0.253. The summed E-state index contributed by atoms with van der Waals surface area (Å²) in [5.41, 5.74) is 9.42. The molecule has 281 valence electrons. The number of hydrogen-bond acceptors (Lipinski definition) is 3. The number of allylic oxidation sites excluding steroid dienone is 1. The second kappa shape index (κ2) is 15.4. The molecule has 3 aliphatic carbocycles.